The normalized spacial score (nSPS) is 12.4. The Morgan fingerprint density at radius 3 is 1.69 bits per heavy atom. The lowest BCUT2D eigenvalue weighted by atomic mass is 9.77. The van der Waals surface area contributed by atoms with Crippen LogP contribution in [0.4, 0.5) is 0 Å². The van der Waals surface area contributed by atoms with Crippen molar-refractivity contribution in [2.45, 2.75) is 11.6 Å². The van der Waals surface area contributed by atoms with Crippen molar-refractivity contribution in [3.63, 3.8) is 0 Å². The van der Waals surface area contributed by atoms with Crippen LogP contribution in [-0.4, -0.2) is 19.6 Å². The van der Waals surface area contributed by atoms with Crippen molar-refractivity contribution in [3.05, 3.63) is 156 Å². The van der Waals surface area contributed by atoms with Gasteiger partial charge in [0.15, 0.2) is 0 Å². The highest BCUT2D eigenvalue weighted by molar-refractivity contribution is 5.50. The molecule has 0 aliphatic heterocycles. The van der Waals surface area contributed by atoms with E-state index in [9.17, 15) is 5.11 Å². The Hall–Kier alpha value is -4.02. The van der Waals surface area contributed by atoms with Gasteiger partial charge in [0, 0.05) is 24.2 Å². The van der Waals surface area contributed by atoms with Gasteiger partial charge in [-0.2, -0.15) is 0 Å². The third-order valence-electron chi connectivity index (χ3n) is 5.84. The van der Waals surface area contributed by atoms with Gasteiger partial charge in [-0.3, -0.25) is 4.98 Å². The second kappa shape index (κ2) is 8.61. The topological polar surface area (TPSA) is 50.9 Å². The van der Waals surface area contributed by atoms with Gasteiger partial charge in [-0.05, 0) is 22.8 Å². The predicted octanol–water partition coefficient (Wildman–Crippen LogP) is 5.20. The Morgan fingerprint density at radius 1 is 0.688 bits per heavy atom. The van der Waals surface area contributed by atoms with Gasteiger partial charge in [0.05, 0.1) is 12.0 Å². The number of pyridine rings is 1. The van der Waals surface area contributed by atoms with Crippen LogP contribution in [0.3, 0.4) is 0 Å². The fourth-order valence-corrected chi connectivity index (χ4v) is 4.36. The lowest BCUT2D eigenvalue weighted by molar-refractivity contribution is 0.215. The van der Waals surface area contributed by atoms with Crippen molar-refractivity contribution in [1.29, 1.82) is 0 Å². The number of aliphatic hydroxyl groups excluding tert-OH is 1. The van der Waals surface area contributed by atoms with E-state index in [0.29, 0.717) is 11.3 Å². The first-order valence-electron chi connectivity index (χ1n) is 10.6. The summed E-state index contributed by atoms with van der Waals surface area (Å²) in [7, 11) is 0. The van der Waals surface area contributed by atoms with Crippen molar-refractivity contribution in [1.82, 2.24) is 14.5 Å². The third-order valence-corrected chi connectivity index (χ3v) is 5.84. The van der Waals surface area contributed by atoms with Crippen molar-refractivity contribution in [2.24, 2.45) is 0 Å². The van der Waals surface area contributed by atoms with Crippen LogP contribution < -0.4 is 0 Å². The van der Waals surface area contributed by atoms with Gasteiger partial charge in [-0.1, -0.05) is 97.1 Å². The number of aromatic nitrogens is 3. The Bertz CT molecular complexity index is 1170. The van der Waals surface area contributed by atoms with E-state index in [4.69, 9.17) is 0 Å². The second-order valence-electron chi connectivity index (χ2n) is 7.70. The Labute approximate surface area is 187 Å². The molecular formula is C28H23N3O. The molecule has 5 aromatic rings. The maximum Gasteiger partial charge on any atom is 0.124 e. The van der Waals surface area contributed by atoms with E-state index in [0.717, 1.165) is 16.7 Å². The summed E-state index contributed by atoms with van der Waals surface area (Å²) < 4.78 is 2.10. The van der Waals surface area contributed by atoms with Crippen LogP contribution in [0.25, 0.3) is 0 Å². The monoisotopic (exact) mass is 417 g/mol. The van der Waals surface area contributed by atoms with E-state index in [1.165, 1.54) is 0 Å². The van der Waals surface area contributed by atoms with Gasteiger partial charge in [-0.15, -0.1) is 0 Å². The molecule has 4 heteroatoms. The average molecular weight is 418 g/mol. The SMILES string of the molecule is O[C@@H](c1cccnc1)c1cn(C(c2ccccc2)(c2ccccc2)c2ccccc2)cn1. The van der Waals surface area contributed by atoms with E-state index in [1.54, 1.807) is 12.4 Å². The van der Waals surface area contributed by atoms with Gasteiger partial charge in [0.1, 0.15) is 11.6 Å². The highest BCUT2D eigenvalue weighted by Gasteiger charge is 2.38. The summed E-state index contributed by atoms with van der Waals surface area (Å²) >= 11 is 0. The molecule has 0 aliphatic rings. The molecule has 4 nitrogen and oxygen atoms in total. The summed E-state index contributed by atoms with van der Waals surface area (Å²) in [4.78, 5) is 8.76. The molecule has 0 aliphatic carbocycles. The molecule has 0 unspecified atom stereocenters. The van der Waals surface area contributed by atoms with Crippen LogP contribution in [-0.2, 0) is 5.54 Å². The molecule has 2 heterocycles. The summed E-state index contributed by atoms with van der Waals surface area (Å²) in [5.41, 5.74) is 3.96. The van der Waals surface area contributed by atoms with Gasteiger partial charge in [0.25, 0.3) is 0 Å². The first-order chi connectivity index (χ1) is 15.8. The van der Waals surface area contributed by atoms with Crippen LogP contribution in [0, 0.1) is 0 Å². The maximum atomic E-state index is 11.0. The van der Waals surface area contributed by atoms with Crippen molar-refractivity contribution in [3.8, 4) is 0 Å². The summed E-state index contributed by atoms with van der Waals surface area (Å²) in [6.45, 7) is 0. The van der Waals surface area contributed by atoms with Crippen LogP contribution in [0.2, 0.25) is 0 Å². The molecule has 5 rings (SSSR count). The average Bonchev–Trinajstić information content (AvgIpc) is 3.37. The van der Waals surface area contributed by atoms with Crippen LogP contribution in [0.1, 0.15) is 34.1 Å². The Kier molecular flexibility index (Phi) is 5.36. The fourth-order valence-electron chi connectivity index (χ4n) is 4.36. The summed E-state index contributed by atoms with van der Waals surface area (Å²) in [6.07, 6.45) is 6.25. The quantitative estimate of drug-likeness (QED) is 0.386. The number of hydrogen-bond donors (Lipinski definition) is 1. The van der Waals surface area contributed by atoms with Crippen LogP contribution in [0.5, 0.6) is 0 Å². The Balaban J connectivity index is 1.75. The number of rotatable bonds is 6. The zero-order valence-corrected chi connectivity index (χ0v) is 17.5. The molecule has 0 fully saturated rings. The number of nitrogens with zero attached hydrogens (tertiary/aromatic N) is 3. The minimum atomic E-state index is -0.857. The zero-order valence-electron chi connectivity index (χ0n) is 17.5. The second-order valence-corrected chi connectivity index (χ2v) is 7.70. The minimum absolute atomic E-state index is 0.574. The lowest BCUT2D eigenvalue weighted by Gasteiger charge is -2.37. The summed E-state index contributed by atoms with van der Waals surface area (Å²) in [5.74, 6) is 0. The van der Waals surface area contributed by atoms with Gasteiger partial charge in [0.2, 0.25) is 0 Å². The molecule has 0 radical (unpaired) electrons. The molecule has 32 heavy (non-hydrogen) atoms. The number of imidazole rings is 1. The van der Waals surface area contributed by atoms with E-state index in [1.807, 2.05) is 42.9 Å². The molecule has 0 bridgehead atoms. The van der Waals surface area contributed by atoms with E-state index in [2.05, 4.69) is 87.3 Å². The van der Waals surface area contributed by atoms with Gasteiger partial charge in [-0.25, -0.2) is 4.98 Å². The minimum Gasteiger partial charge on any atom is -0.382 e. The first kappa shape index (κ1) is 19.9. The van der Waals surface area contributed by atoms with E-state index >= 15 is 0 Å². The molecule has 0 spiro atoms. The predicted molar refractivity (Wildman–Crippen MR) is 125 cm³/mol. The molecule has 0 saturated carbocycles. The van der Waals surface area contributed by atoms with Gasteiger partial charge >= 0.3 is 0 Å². The maximum absolute atomic E-state index is 11.0. The largest absolute Gasteiger partial charge is 0.382 e. The number of benzene rings is 3. The van der Waals surface area contributed by atoms with E-state index < -0.39 is 11.6 Å². The molecule has 2 aromatic heterocycles. The van der Waals surface area contributed by atoms with Crippen LogP contribution >= 0.6 is 0 Å². The molecule has 3 aromatic carbocycles. The lowest BCUT2D eigenvalue weighted by Crippen LogP contribution is -2.37. The van der Waals surface area contributed by atoms with Crippen molar-refractivity contribution >= 4 is 0 Å². The first-order valence-corrected chi connectivity index (χ1v) is 10.6. The molecule has 1 N–H and O–H groups in total. The summed E-state index contributed by atoms with van der Waals surface area (Å²) in [5, 5.41) is 11.0. The zero-order chi connectivity index (χ0) is 21.8. The molecule has 0 amide bonds. The molecular weight excluding hydrogens is 394 g/mol. The third kappa shape index (κ3) is 3.41. The fraction of sp³-hybridized carbons (Fsp3) is 0.0714. The van der Waals surface area contributed by atoms with Crippen molar-refractivity contribution in [2.75, 3.05) is 0 Å². The molecule has 1 atom stereocenters. The number of aliphatic hydroxyl groups is 1. The standard InChI is InChI=1S/C28H23N3O/c32-27(22-11-10-18-29-19-22)26-20-31(21-30-26)28(23-12-4-1-5-13-23,24-14-6-2-7-15-24)25-16-8-3-9-17-25/h1-21,27,32H/t27-/m0/s1. The van der Waals surface area contributed by atoms with Crippen molar-refractivity contribution < 1.29 is 5.11 Å². The highest BCUT2D eigenvalue weighted by atomic mass is 16.3. The highest BCUT2D eigenvalue weighted by Crippen LogP contribution is 2.41. The Morgan fingerprint density at radius 2 is 1.22 bits per heavy atom. The van der Waals surface area contributed by atoms with Crippen LogP contribution in [0.15, 0.2) is 128 Å². The smallest absolute Gasteiger partial charge is 0.124 e. The molecule has 156 valence electrons. The summed E-state index contributed by atoms with van der Waals surface area (Å²) in [6, 6.07) is 34.9. The van der Waals surface area contributed by atoms with Gasteiger partial charge < -0.3 is 9.67 Å². The van der Waals surface area contributed by atoms with E-state index in [-0.39, 0.29) is 0 Å². The molecule has 0 saturated heterocycles. The number of hydrogen-bond acceptors (Lipinski definition) is 3.